The normalized spacial score (nSPS) is 22.2. The summed E-state index contributed by atoms with van der Waals surface area (Å²) < 4.78 is 13.2. The number of aliphatic hydroxyl groups excluding tert-OH is 1. The van der Waals surface area contributed by atoms with Crippen molar-refractivity contribution in [3.05, 3.63) is 46.8 Å². The summed E-state index contributed by atoms with van der Waals surface area (Å²) in [6.45, 7) is 0.0591. The molecule has 2 N–H and O–H groups in total. The molecule has 3 nitrogen and oxygen atoms in total. The summed E-state index contributed by atoms with van der Waals surface area (Å²) in [7, 11) is 0. The average molecular weight is 270 g/mol. The molecule has 1 amide bonds. The van der Waals surface area contributed by atoms with E-state index in [4.69, 9.17) is 16.7 Å². The maximum Gasteiger partial charge on any atom is 0.253 e. The second kappa shape index (κ2) is 5.50. The van der Waals surface area contributed by atoms with Gasteiger partial charge in [-0.3, -0.25) is 4.79 Å². The van der Waals surface area contributed by atoms with Gasteiger partial charge in [0.05, 0.1) is 10.6 Å². The zero-order valence-corrected chi connectivity index (χ0v) is 10.3. The van der Waals surface area contributed by atoms with Crippen LogP contribution in [0, 0.1) is 11.7 Å². The third-order valence-corrected chi connectivity index (χ3v) is 3.30. The number of hydrogen-bond acceptors (Lipinski definition) is 2. The molecule has 0 unspecified atom stereocenters. The lowest BCUT2D eigenvalue weighted by molar-refractivity contribution is 0.0941. The van der Waals surface area contributed by atoms with E-state index >= 15 is 0 Å². The standard InChI is InChI=1S/C13H13ClFNO2/c14-12-10(2-1-3-11(12)15)13(18)16-9-5-4-8(6-9)7-17/h1-5,8-9,17H,6-7H2,(H,16,18)/t8-,9+/m0/s1. The zero-order valence-electron chi connectivity index (χ0n) is 9.57. The van der Waals surface area contributed by atoms with Crippen molar-refractivity contribution in [2.45, 2.75) is 12.5 Å². The van der Waals surface area contributed by atoms with E-state index < -0.39 is 11.7 Å². The molecule has 5 heteroatoms. The van der Waals surface area contributed by atoms with Crippen LogP contribution >= 0.6 is 11.6 Å². The van der Waals surface area contributed by atoms with Crippen LogP contribution in [0.4, 0.5) is 4.39 Å². The highest BCUT2D eigenvalue weighted by Gasteiger charge is 2.21. The van der Waals surface area contributed by atoms with Crippen molar-refractivity contribution >= 4 is 17.5 Å². The quantitative estimate of drug-likeness (QED) is 0.826. The number of nitrogens with one attached hydrogen (secondary N) is 1. The minimum Gasteiger partial charge on any atom is -0.396 e. The van der Waals surface area contributed by atoms with Gasteiger partial charge in [0, 0.05) is 18.6 Å². The van der Waals surface area contributed by atoms with E-state index in [2.05, 4.69) is 5.32 Å². The average Bonchev–Trinajstić information content (AvgIpc) is 2.80. The van der Waals surface area contributed by atoms with Crippen molar-refractivity contribution in [3.63, 3.8) is 0 Å². The zero-order chi connectivity index (χ0) is 13.1. The van der Waals surface area contributed by atoms with Gasteiger partial charge in [-0.05, 0) is 18.6 Å². The highest BCUT2D eigenvalue weighted by Crippen LogP contribution is 2.21. The number of rotatable bonds is 3. The van der Waals surface area contributed by atoms with Crippen LogP contribution in [0.25, 0.3) is 0 Å². The highest BCUT2D eigenvalue weighted by atomic mass is 35.5. The van der Waals surface area contributed by atoms with Crippen molar-refractivity contribution < 1.29 is 14.3 Å². The van der Waals surface area contributed by atoms with Crippen LogP contribution in [-0.4, -0.2) is 23.7 Å². The third kappa shape index (κ3) is 2.71. The topological polar surface area (TPSA) is 49.3 Å². The smallest absolute Gasteiger partial charge is 0.253 e. The Labute approximate surface area is 109 Å². The van der Waals surface area contributed by atoms with Gasteiger partial charge in [0.1, 0.15) is 5.82 Å². The lowest BCUT2D eigenvalue weighted by atomic mass is 10.1. The molecule has 0 spiro atoms. The molecule has 0 aliphatic heterocycles. The largest absolute Gasteiger partial charge is 0.396 e. The van der Waals surface area contributed by atoms with Crippen molar-refractivity contribution in [2.24, 2.45) is 5.92 Å². The first-order chi connectivity index (χ1) is 8.61. The van der Waals surface area contributed by atoms with Gasteiger partial charge in [-0.1, -0.05) is 29.8 Å². The van der Waals surface area contributed by atoms with Gasteiger partial charge in [-0.25, -0.2) is 4.39 Å². The molecule has 0 heterocycles. The SMILES string of the molecule is O=C(N[C@@H]1C=C[C@H](CO)C1)c1cccc(F)c1Cl. The Hall–Kier alpha value is -1.39. The summed E-state index contributed by atoms with van der Waals surface area (Å²) in [5.41, 5.74) is 0.123. The third-order valence-electron chi connectivity index (χ3n) is 2.92. The Morgan fingerprint density at radius 3 is 2.94 bits per heavy atom. The Kier molecular flexibility index (Phi) is 3.99. The fourth-order valence-corrected chi connectivity index (χ4v) is 2.15. The molecule has 96 valence electrons. The van der Waals surface area contributed by atoms with Crippen molar-refractivity contribution in [3.8, 4) is 0 Å². The minimum absolute atomic E-state index is 0.0591. The number of carbonyl (C=O) groups is 1. The fourth-order valence-electron chi connectivity index (χ4n) is 1.94. The molecule has 0 saturated carbocycles. The van der Waals surface area contributed by atoms with Gasteiger partial charge < -0.3 is 10.4 Å². The van der Waals surface area contributed by atoms with E-state index in [1.807, 2.05) is 12.2 Å². The summed E-state index contributed by atoms with van der Waals surface area (Å²) >= 11 is 5.74. The molecule has 0 fully saturated rings. The van der Waals surface area contributed by atoms with Crippen LogP contribution in [0.5, 0.6) is 0 Å². The summed E-state index contributed by atoms with van der Waals surface area (Å²) in [6.07, 6.45) is 4.33. The van der Waals surface area contributed by atoms with Crippen LogP contribution in [0.1, 0.15) is 16.8 Å². The van der Waals surface area contributed by atoms with Gasteiger partial charge in [0.2, 0.25) is 0 Å². The first kappa shape index (κ1) is 13.1. The van der Waals surface area contributed by atoms with Gasteiger partial charge >= 0.3 is 0 Å². The minimum atomic E-state index is -0.612. The van der Waals surface area contributed by atoms with E-state index in [1.165, 1.54) is 18.2 Å². The van der Waals surface area contributed by atoms with Crippen LogP contribution in [0.15, 0.2) is 30.4 Å². The van der Waals surface area contributed by atoms with Gasteiger partial charge in [0.25, 0.3) is 5.91 Å². The molecular weight excluding hydrogens is 257 g/mol. The highest BCUT2D eigenvalue weighted by molar-refractivity contribution is 6.34. The maximum atomic E-state index is 13.2. The maximum absolute atomic E-state index is 13.2. The van der Waals surface area contributed by atoms with E-state index in [-0.39, 0.29) is 29.2 Å². The first-order valence-corrected chi connectivity index (χ1v) is 6.03. The molecule has 0 saturated heterocycles. The molecule has 18 heavy (non-hydrogen) atoms. The van der Waals surface area contributed by atoms with Crippen LogP contribution in [0.2, 0.25) is 5.02 Å². The number of carbonyl (C=O) groups excluding carboxylic acids is 1. The molecule has 1 aliphatic carbocycles. The van der Waals surface area contributed by atoms with E-state index in [0.717, 1.165) is 0 Å². The van der Waals surface area contributed by atoms with Crippen LogP contribution in [0.3, 0.4) is 0 Å². The van der Waals surface area contributed by atoms with Gasteiger partial charge in [-0.15, -0.1) is 0 Å². The molecule has 2 atom stereocenters. The molecule has 0 aromatic heterocycles. The summed E-state index contributed by atoms with van der Waals surface area (Å²) in [5, 5.41) is 11.5. The second-order valence-electron chi connectivity index (χ2n) is 4.24. The lowest BCUT2D eigenvalue weighted by Gasteiger charge is -2.13. The molecule has 1 aliphatic rings. The number of benzene rings is 1. The molecule has 1 aromatic carbocycles. The Bertz CT molecular complexity index is 490. The van der Waals surface area contributed by atoms with Crippen LogP contribution in [-0.2, 0) is 0 Å². The van der Waals surface area contributed by atoms with E-state index in [9.17, 15) is 9.18 Å². The van der Waals surface area contributed by atoms with Crippen molar-refractivity contribution in [1.29, 1.82) is 0 Å². The lowest BCUT2D eigenvalue weighted by Crippen LogP contribution is -2.33. The fraction of sp³-hybridized carbons (Fsp3) is 0.308. The first-order valence-electron chi connectivity index (χ1n) is 5.66. The Morgan fingerprint density at radius 1 is 1.50 bits per heavy atom. The summed E-state index contributed by atoms with van der Waals surface area (Å²) in [6, 6.07) is 3.98. The van der Waals surface area contributed by atoms with Gasteiger partial charge in [0.15, 0.2) is 0 Å². The number of amides is 1. The summed E-state index contributed by atoms with van der Waals surface area (Å²) in [5.74, 6) is -0.953. The van der Waals surface area contributed by atoms with E-state index in [0.29, 0.717) is 6.42 Å². The number of hydrogen-bond donors (Lipinski definition) is 2. The predicted molar refractivity (Wildman–Crippen MR) is 67.0 cm³/mol. The number of aliphatic hydroxyl groups is 1. The molecule has 0 bridgehead atoms. The second-order valence-corrected chi connectivity index (χ2v) is 4.62. The Balaban J connectivity index is 2.05. The molecular formula is C13H13ClFNO2. The van der Waals surface area contributed by atoms with E-state index in [1.54, 1.807) is 0 Å². The molecule has 0 radical (unpaired) electrons. The number of halogens is 2. The van der Waals surface area contributed by atoms with Crippen molar-refractivity contribution in [1.82, 2.24) is 5.32 Å². The van der Waals surface area contributed by atoms with Crippen LogP contribution < -0.4 is 5.32 Å². The molecule has 1 aromatic rings. The molecule has 2 rings (SSSR count). The van der Waals surface area contributed by atoms with Crippen molar-refractivity contribution in [2.75, 3.05) is 6.61 Å². The monoisotopic (exact) mass is 269 g/mol. The van der Waals surface area contributed by atoms with Gasteiger partial charge in [-0.2, -0.15) is 0 Å². The Morgan fingerprint density at radius 2 is 2.28 bits per heavy atom. The predicted octanol–water partition coefficient (Wildman–Crippen LogP) is 2.15. The summed E-state index contributed by atoms with van der Waals surface area (Å²) in [4.78, 5) is 11.9.